The first-order valence-electron chi connectivity index (χ1n) is 8.32. The lowest BCUT2D eigenvalue weighted by Crippen LogP contribution is -1.94. The molecule has 1 nitrogen and oxygen atoms in total. The molecule has 0 saturated carbocycles. The maximum Gasteiger partial charge on any atom is 0.132 e. The highest BCUT2D eigenvalue weighted by Gasteiger charge is 2.18. The second kappa shape index (κ2) is 7.81. The van der Waals surface area contributed by atoms with Gasteiger partial charge in [0, 0.05) is 39.3 Å². The van der Waals surface area contributed by atoms with Crippen molar-refractivity contribution in [1.82, 2.24) is 4.98 Å². The molecule has 0 aliphatic carbocycles. The molecule has 0 aliphatic heterocycles. The maximum atomic E-state index is 14.6. The van der Waals surface area contributed by atoms with Crippen molar-refractivity contribution in [1.29, 1.82) is 0 Å². The number of nitrogens with zero attached hydrogens (tertiary/aromatic N) is 1. The lowest BCUT2D eigenvalue weighted by atomic mass is 9.95. The molecule has 0 N–H and O–H groups in total. The van der Waals surface area contributed by atoms with Crippen LogP contribution < -0.4 is 0 Å². The Bertz CT molecular complexity index is 1080. The van der Waals surface area contributed by atoms with Gasteiger partial charge in [0.05, 0.1) is 0 Å². The molecule has 134 valence electrons. The summed E-state index contributed by atoms with van der Waals surface area (Å²) in [7, 11) is 0. The van der Waals surface area contributed by atoms with Crippen molar-refractivity contribution in [3.8, 4) is 21.6 Å². The second-order valence-electron chi connectivity index (χ2n) is 6.13. The smallest absolute Gasteiger partial charge is 0.132 e. The molecule has 0 bridgehead atoms. The number of thiophene rings is 1. The Labute approximate surface area is 171 Å². The minimum Gasteiger partial charge on any atom is -0.264 e. The van der Waals surface area contributed by atoms with E-state index < -0.39 is 0 Å². The topological polar surface area (TPSA) is 12.9 Å². The molecule has 2 heterocycles. The van der Waals surface area contributed by atoms with E-state index in [-0.39, 0.29) is 5.82 Å². The molecule has 0 radical (unpaired) electrons. The number of pyridine rings is 1. The van der Waals surface area contributed by atoms with Crippen LogP contribution in [0, 0.1) is 5.82 Å². The SMILES string of the molecule is Fc1cc(Cl)ccc1-c1csc(-c2ccc(Cl)cc2)c1Cc1cccnc1. The summed E-state index contributed by atoms with van der Waals surface area (Å²) in [4.78, 5) is 5.30. The van der Waals surface area contributed by atoms with Crippen molar-refractivity contribution in [2.45, 2.75) is 6.42 Å². The van der Waals surface area contributed by atoms with Crippen LogP contribution >= 0.6 is 34.5 Å². The first-order chi connectivity index (χ1) is 13.1. The Morgan fingerprint density at radius 2 is 1.70 bits per heavy atom. The Morgan fingerprint density at radius 3 is 2.41 bits per heavy atom. The van der Waals surface area contributed by atoms with Gasteiger partial charge < -0.3 is 0 Å². The summed E-state index contributed by atoms with van der Waals surface area (Å²) in [6.07, 6.45) is 4.25. The molecule has 0 aliphatic rings. The summed E-state index contributed by atoms with van der Waals surface area (Å²) in [6.45, 7) is 0. The fraction of sp³-hybridized carbons (Fsp3) is 0.0455. The minimum absolute atomic E-state index is 0.324. The lowest BCUT2D eigenvalue weighted by Gasteiger charge is -2.10. The normalized spacial score (nSPS) is 10.9. The number of aromatic nitrogens is 1. The minimum atomic E-state index is -0.324. The average molecular weight is 414 g/mol. The Hall–Kier alpha value is -2.20. The predicted octanol–water partition coefficient (Wildman–Crippen LogP) is 7.51. The van der Waals surface area contributed by atoms with Crippen LogP contribution in [0.25, 0.3) is 21.6 Å². The second-order valence-corrected chi connectivity index (χ2v) is 7.88. The molecule has 0 atom stereocenters. The van der Waals surface area contributed by atoms with E-state index in [0.717, 1.165) is 27.1 Å². The van der Waals surface area contributed by atoms with Crippen LogP contribution in [0.1, 0.15) is 11.1 Å². The van der Waals surface area contributed by atoms with Crippen molar-refractivity contribution in [3.05, 3.63) is 99.4 Å². The molecule has 0 amide bonds. The fourth-order valence-electron chi connectivity index (χ4n) is 3.04. The van der Waals surface area contributed by atoms with Gasteiger partial charge in [-0.05, 0) is 64.0 Å². The highest BCUT2D eigenvalue weighted by atomic mass is 35.5. The largest absolute Gasteiger partial charge is 0.264 e. The Kier molecular flexibility index (Phi) is 5.26. The highest BCUT2D eigenvalue weighted by molar-refractivity contribution is 7.14. The van der Waals surface area contributed by atoms with Gasteiger partial charge in [-0.3, -0.25) is 4.98 Å². The number of benzene rings is 2. The molecule has 27 heavy (non-hydrogen) atoms. The third kappa shape index (κ3) is 3.91. The molecule has 0 unspecified atom stereocenters. The van der Waals surface area contributed by atoms with Gasteiger partial charge in [-0.2, -0.15) is 0 Å². The summed E-state index contributed by atoms with van der Waals surface area (Å²) in [5.74, 6) is -0.324. The average Bonchev–Trinajstić information content (AvgIpc) is 3.06. The van der Waals surface area contributed by atoms with Gasteiger partial charge >= 0.3 is 0 Å². The van der Waals surface area contributed by atoms with E-state index in [9.17, 15) is 4.39 Å². The van der Waals surface area contributed by atoms with Crippen LogP contribution in [0.2, 0.25) is 10.0 Å². The standard InChI is InChI=1S/C22H14Cl2FNS/c23-16-5-3-15(4-6-16)22-19(10-14-2-1-9-26-12-14)20(13-27-22)18-8-7-17(24)11-21(18)25/h1-9,11-13H,10H2. The van der Waals surface area contributed by atoms with Gasteiger partial charge in [0.1, 0.15) is 5.82 Å². The summed E-state index contributed by atoms with van der Waals surface area (Å²) in [5, 5.41) is 3.08. The van der Waals surface area contributed by atoms with Crippen molar-refractivity contribution in [2.75, 3.05) is 0 Å². The molecular weight excluding hydrogens is 400 g/mol. The maximum absolute atomic E-state index is 14.6. The third-order valence-corrected chi connectivity index (χ3v) is 5.88. The first kappa shape index (κ1) is 18.2. The van der Waals surface area contributed by atoms with Crippen LogP contribution in [0.4, 0.5) is 4.39 Å². The van der Waals surface area contributed by atoms with Gasteiger partial charge in [-0.1, -0.05) is 41.4 Å². The van der Waals surface area contributed by atoms with Gasteiger partial charge in [0.25, 0.3) is 0 Å². The van der Waals surface area contributed by atoms with Gasteiger partial charge in [0.2, 0.25) is 0 Å². The summed E-state index contributed by atoms with van der Waals surface area (Å²) < 4.78 is 14.6. The molecule has 4 rings (SSSR count). The predicted molar refractivity (Wildman–Crippen MR) is 112 cm³/mol. The third-order valence-electron chi connectivity index (χ3n) is 4.33. The molecule has 4 aromatic rings. The van der Waals surface area contributed by atoms with Crippen LogP contribution in [0.15, 0.2) is 72.4 Å². The van der Waals surface area contributed by atoms with Gasteiger partial charge in [0.15, 0.2) is 0 Å². The monoisotopic (exact) mass is 413 g/mol. The van der Waals surface area contributed by atoms with E-state index in [0.29, 0.717) is 22.0 Å². The number of rotatable bonds is 4. The zero-order valence-corrected chi connectivity index (χ0v) is 16.5. The molecular formula is C22H14Cl2FNS. The van der Waals surface area contributed by atoms with Crippen molar-refractivity contribution >= 4 is 34.5 Å². The summed E-state index contributed by atoms with van der Waals surface area (Å²) in [5.41, 5.74) is 4.62. The fourth-order valence-corrected chi connectivity index (χ4v) is 4.43. The van der Waals surface area contributed by atoms with Crippen molar-refractivity contribution < 1.29 is 4.39 Å². The molecule has 5 heteroatoms. The quantitative estimate of drug-likeness (QED) is 0.337. The van der Waals surface area contributed by atoms with E-state index in [2.05, 4.69) is 4.98 Å². The van der Waals surface area contributed by atoms with Crippen molar-refractivity contribution in [3.63, 3.8) is 0 Å². The summed E-state index contributed by atoms with van der Waals surface area (Å²) >= 11 is 13.6. The number of halogens is 3. The van der Waals surface area contributed by atoms with E-state index in [4.69, 9.17) is 23.2 Å². The zero-order valence-electron chi connectivity index (χ0n) is 14.1. The molecule has 0 spiro atoms. The molecule has 2 aromatic carbocycles. The molecule has 0 fully saturated rings. The lowest BCUT2D eigenvalue weighted by molar-refractivity contribution is 0.631. The number of hydrogen-bond acceptors (Lipinski definition) is 2. The van der Waals surface area contributed by atoms with Crippen molar-refractivity contribution in [2.24, 2.45) is 0 Å². The van der Waals surface area contributed by atoms with E-state index in [1.54, 1.807) is 29.7 Å². The van der Waals surface area contributed by atoms with E-state index >= 15 is 0 Å². The van der Waals surface area contributed by atoms with E-state index in [1.165, 1.54) is 6.07 Å². The highest BCUT2D eigenvalue weighted by Crippen LogP contribution is 2.41. The van der Waals surface area contributed by atoms with Gasteiger partial charge in [-0.15, -0.1) is 11.3 Å². The number of hydrogen-bond donors (Lipinski definition) is 0. The van der Waals surface area contributed by atoms with Crippen LogP contribution in [0.3, 0.4) is 0 Å². The summed E-state index contributed by atoms with van der Waals surface area (Å²) in [6, 6.07) is 16.5. The molecule has 0 saturated heterocycles. The van der Waals surface area contributed by atoms with Crippen LogP contribution in [-0.4, -0.2) is 4.98 Å². The zero-order chi connectivity index (χ0) is 18.8. The van der Waals surface area contributed by atoms with Crippen LogP contribution in [0.5, 0.6) is 0 Å². The Morgan fingerprint density at radius 1 is 0.926 bits per heavy atom. The van der Waals surface area contributed by atoms with Gasteiger partial charge in [-0.25, -0.2) is 4.39 Å². The Balaban J connectivity index is 1.87. The van der Waals surface area contributed by atoms with Crippen LogP contribution in [-0.2, 0) is 6.42 Å². The first-order valence-corrected chi connectivity index (χ1v) is 9.96. The molecule has 2 aromatic heterocycles. The van der Waals surface area contributed by atoms with E-state index in [1.807, 2.05) is 48.0 Å².